The smallest absolute Gasteiger partial charge is 0.270 e. The van der Waals surface area contributed by atoms with Gasteiger partial charge < -0.3 is 4.74 Å². The highest BCUT2D eigenvalue weighted by Gasteiger charge is 2.39. The Kier molecular flexibility index (Phi) is 6.76. The first-order chi connectivity index (χ1) is 16.1. The maximum atomic E-state index is 13.3. The van der Waals surface area contributed by atoms with Crippen molar-refractivity contribution in [3.05, 3.63) is 114 Å². The number of anilines is 1. The average Bonchev–Trinajstić information content (AvgIpc) is 2.85. The van der Waals surface area contributed by atoms with Crippen LogP contribution in [0.3, 0.4) is 0 Å². The third-order valence-corrected chi connectivity index (χ3v) is 5.50. The highest BCUT2D eigenvalue weighted by Crippen LogP contribution is 2.26. The number of ether oxygens (including phenoxy) is 1. The summed E-state index contributed by atoms with van der Waals surface area (Å²) in [4.78, 5) is 29.1. The van der Waals surface area contributed by atoms with Crippen LogP contribution in [-0.2, 0) is 16.2 Å². The van der Waals surface area contributed by atoms with Crippen molar-refractivity contribution in [2.45, 2.75) is 6.61 Å². The van der Waals surface area contributed by atoms with Gasteiger partial charge in [-0.15, -0.1) is 6.58 Å². The Bertz CT molecular complexity index is 1210. The van der Waals surface area contributed by atoms with E-state index in [0.717, 1.165) is 5.56 Å². The van der Waals surface area contributed by atoms with Crippen molar-refractivity contribution < 1.29 is 14.3 Å². The number of hydrogen-bond donors (Lipinski definition) is 0. The zero-order valence-electron chi connectivity index (χ0n) is 17.9. The van der Waals surface area contributed by atoms with E-state index in [0.29, 0.717) is 23.6 Å². The Morgan fingerprint density at radius 2 is 1.48 bits per heavy atom. The van der Waals surface area contributed by atoms with Gasteiger partial charge in [0.05, 0.1) is 5.69 Å². The molecular weight excluding hydrogens is 432 g/mol. The van der Waals surface area contributed by atoms with Gasteiger partial charge in [-0.3, -0.25) is 19.4 Å². The van der Waals surface area contributed by atoms with Crippen molar-refractivity contribution in [3.8, 4) is 5.75 Å². The number of carbonyl (C=O) groups is 2. The molecular formula is C27H22N2O3S. The van der Waals surface area contributed by atoms with E-state index in [1.165, 1.54) is 9.80 Å². The van der Waals surface area contributed by atoms with E-state index in [2.05, 4.69) is 6.58 Å². The van der Waals surface area contributed by atoms with Crippen molar-refractivity contribution in [1.82, 2.24) is 4.90 Å². The Hall–Kier alpha value is -4.03. The van der Waals surface area contributed by atoms with Crippen LogP contribution in [0.1, 0.15) is 11.1 Å². The minimum Gasteiger partial charge on any atom is -0.489 e. The number of thiocarbonyl (C=S) groups is 1. The lowest BCUT2D eigenvalue weighted by Gasteiger charge is -2.36. The molecule has 5 nitrogen and oxygen atoms in total. The molecule has 1 aliphatic heterocycles. The summed E-state index contributed by atoms with van der Waals surface area (Å²) in [6.45, 7) is 4.37. The predicted octanol–water partition coefficient (Wildman–Crippen LogP) is 5.00. The maximum absolute atomic E-state index is 13.3. The molecule has 1 aliphatic rings. The zero-order chi connectivity index (χ0) is 23.2. The highest BCUT2D eigenvalue weighted by molar-refractivity contribution is 7.80. The normalized spacial score (nSPS) is 15.2. The van der Waals surface area contributed by atoms with Crippen LogP contribution in [0.4, 0.5) is 5.69 Å². The molecule has 3 aromatic rings. The topological polar surface area (TPSA) is 49.9 Å². The Labute approximate surface area is 198 Å². The van der Waals surface area contributed by atoms with Crippen LogP contribution in [0, 0.1) is 0 Å². The van der Waals surface area contributed by atoms with Gasteiger partial charge in [0.25, 0.3) is 11.8 Å². The van der Waals surface area contributed by atoms with Crippen LogP contribution < -0.4 is 9.64 Å². The monoisotopic (exact) mass is 454 g/mol. The van der Waals surface area contributed by atoms with Crippen molar-refractivity contribution >= 4 is 40.9 Å². The van der Waals surface area contributed by atoms with Gasteiger partial charge in [-0.05, 0) is 53.7 Å². The summed E-state index contributed by atoms with van der Waals surface area (Å²) < 4.78 is 5.82. The molecule has 2 amide bonds. The summed E-state index contributed by atoms with van der Waals surface area (Å²) in [5.41, 5.74) is 2.41. The fraction of sp³-hybridized carbons (Fsp3) is 0.0741. The van der Waals surface area contributed by atoms with Gasteiger partial charge >= 0.3 is 0 Å². The summed E-state index contributed by atoms with van der Waals surface area (Å²) in [5, 5.41) is 0.137. The lowest BCUT2D eigenvalue weighted by Crippen LogP contribution is -2.56. The van der Waals surface area contributed by atoms with E-state index in [1.54, 1.807) is 24.3 Å². The molecule has 0 bridgehead atoms. The fourth-order valence-corrected chi connectivity index (χ4v) is 3.78. The minimum atomic E-state index is -0.457. The Balaban J connectivity index is 1.59. The molecule has 4 rings (SSSR count). The summed E-state index contributed by atoms with van der Waals surface area (Å²) >= 11 is 5.47. The van der Waals surface area contributed by atoms with Crippen molar-refractivity contribution in [2.24, 2.45) is 0 Å². The number of hydrogen-bond acceptors (Lipinski definition) is 4. The van der Waals surface area contributed by atoms with E-state index in [-0.39, 0.29) is 17.2 Å². The van der Waals surface area contributed by atoms with Gasteiger partial charge in [0.15, 0.2) is 5.11 Å². The molecule has 0 N–H and O–H groups in total. The van der Waals surface area contributed by atoms with Crippen molar-refractivity contribution in [3.63, 3.8) is 0 Å². The SMILES string of the molecule is C=CCN1C(=O)/C(=C\c2ccc(OCc3ccccc3)cc2)C(=O)N(c2ccccc2)C1=S. The van der Waals surface area contributed by atoms with Gasteiger partial charge in [0.2, 0.25) is 0 Å². The van der Waals surface area contributed by atoms with Crippen molar-refractivity contribution in [2.75, 3.05) is 11.4 Å². The molecule has 0 spiro atoms. The quantitative estimate of drug-likeness (QED) is 0.218. The summed E-state index contributed by atoms with van der Waals surface area (Å²) in [5.74, 6) is -0.204. The molecule has 0 unspecified atom stereocenters. The summed E-state index contributed by atoms with van der Waals surface area (Å²) in [6, 6.07) is 26.2. The lowest BCUT2D eigenvalue weighted by molar-refractivity contribution is -0.127. The average molecular weight is 455 g/mol. The minimum absolute atomic E-state index is 0.0345. The second kappa shape index (κ2) is 10.1. The predicted molar refractivity (Wildman–Crippen MR) is 134 cm³/mol. The second-order valence-corrected chi connectivity index (χ2v) is 7.73. The third-order valence-electron chi connectivity index (χ3n) is 5.10. The molecule has 0 radical (unpaired) electrons. The van der Waals surface area contributed by atoms with Crippen LogP contribution in [0.2, 0.25) is 0 Å². The van der Waals surface area contributed by atoms with Crippen LogP contribution in [-0.4, -0.2) is 28.4 Å². The molecule has 1 heterocycles. The molecule has 0 atom stereocenters. The van der Waals surface area contributed by atoms with Crippen LogP contribution >= 0.6 is 12.2 Å². The molecule has 164 valence electrons. The molecule has 0 aromatic heterocycles. The van der Waals surface area contributed by atoms with E-state index in [4.69, 9.17) is 17.0 Å². The molecule has 33 heavy (non-hydrogen) atoms. The van der Waals surface area contributed by atoms with E-state index in [9.17, 15) is 9.59 Å². The Morgan fingerprint density at radius 1 is 0.848 bits per heavy atom. The van der Waals surface area contributed by atoms with E-state index >= 15 is 0 Å². The Morgan fingerprint density at radius 3 is 2.12 bits per heavy atom. The first kappa shape index (κ1) is 22.2. The highest BCUT2D eigenvalue weighted by atomic mass is 32.1. The van der Waals surface area contributed by atoms with E-state index in [1.807, 2.05) is 72.8 Å². The van der Waals surface area contributed by atoms with E-state index < -0.39 is 11.8 Å². The lowest BCUT2D eigenvalue weighted by atomic mass is 10.1. The fourth-order valence-electron chi connectivity index (χ4n) is 3.44. The third kappa shape index (κ3) is 4.91. The van der Waals surface area contributed by atoms with Gasteiger partial charge in [0, 0.05) is 6.54 Å². The number of carbonyl (C=O) groups excluding carboxylic acids is 2. The molecule has 1 saturated heterocycles. The van der Waals surface area contributed by atoms with Gasteiger partial charge in [-0.1, -0.05) is 66.7 Å². The molecule has 0 aliphatic carbocycles. The summed E-state index contributed by atoms with van der Waals surface area (Å²) in [7, 11) is 0. The first-order valence-corrected chi connectivity index (χ1v) is 10.8. The number of rotatable bonds is 7. The van der Waals surface area contributed by atoms with Crippen LogP contribution in [0.25, 0.3) is 6.08 Å². The second-order valence-electron chi connectivity index (χ2n) is 7.36. The maximum Gasteiger partial charge on any atom is 0.270 e. The standard InChI is InChI=1S/C27H22N2O3S/c1-2-17-28-25(30)24(26(31)29(27(28)33)22-11-7-4-8-12-22)18-20-13-15-23(16-14-20)32-19-21-9-5-3-6-10-21/h2-16,18H,1,17,19H2/b24-18+. The summed E-state index contributed by atoms with van der Waals surface area (Å²) in [6.07, 6.45) is 3.17. The number of nitrogens with zero attached hydrogens (tertiary/aromatic N) is 2. The van der Waals surface area contributed by atoms with Gasteiger partial charge in [-0.25, -0.2) is 0 Å². The van der Waals surface area contributed by atoms with Gasteiger partial charge in [-0.2, -0.15) is 0 Å². The molecule has 6 heteroatoms. The number of para-hydroxylation sites is 1. The first-order valence-electron chi connectivity index (χ1n) is 10.4. The number of benzene rings is 3. The molecule has 0 saturated carbocycles. The van der Waals surface area contributed by atoms with Crippen LogP contribution in [0.15, 0.2) is 103 Å². The molecule has 3 aromatic carbocycles. The zero-order valence-corrected chi connectivity index (χ0v) is 18.7. The van der Waals surface area contributed by atoms with Gasteiger partial charge in [0.1, 0.15) is 17.9 Å². The van der Waals surface area contributed by atoms with Crippen LogP contribution in [0.5, 0.6) is 5.75 Å². The largest absolute Gasteiger partial charge is 0.489 e. The van der Waals surface area contributed by atoms with Crippen molar-refractivity contribution in [1.29, 1.82) is 0 Å². The number of amides is 2. The molecule has 1 fully saturated rings.